The number of nitrogens with zero attached hydrogens (tertiary/aromatic N) is 1. The van der Waals surface area contributed by atoms with E-state index < -0.39 is 0 Å². The standard InChI is InChI=1S/C10H21N3O2/c11-6-2-1-3-7-12-10(14)13-8-4-5-9-15-13/h1-9,11H2,(H,12,14). The Balaban J connectivity index is 2.02. The Kier molecular flexibility index (Phi) is 6.11. The summed E-state index contributed by atoms with van der Waals surface area (Å²) in [6.07, 6.45) is 5.14. The first kappa shape index (κ1) is 12.3. The van der Waals surface area contributed by atoms with Crippen LogP contribution in [0.3, 0.4) is 0 Å². The lowest BCUT2D eigenvalue weighted by molar-refractivity contribution is -0.139. The van der Waals surface area contributed by atoms with Crippen LogP contribution < -0.4 is 11.1 Å². The van der Waals surface area contributed by atoms with Crippen molar-refractivity contribution in [3.05, 3.63) is 0 Å². The summed E-state index contributed by atoms with van der Waals surface area (Å²) in [4.78, 5) is 16.7. The van der Waals surface area contributed by atoms with Crippen LogP contribution in [0.2, 0.25) is 0 Å². The zero-order chi connectivity index (χ0) is 10.9. The highest BCUT2D eigenvalue weighted by Crippen LogP contribution is 2.05. The first-order chi connectivity index (χ1) is 7.34. The maximum atomic E-state index is 11.5. The van der Waals surface area contributed by atoms with Crippen LogP contribution in [0.1, 0.15) is 32.1 Å². The van der Waals surface area contributed by atoms with Gasteiger partial charge in [0.25, 0.3) is 0 Å². The fraction of sp³-hybridized carbons (Fsp3) is 0.900. The van der Waals surface area contributed by atoms with Crippen LogP contribution in [0.5, 0.6) is 0 Å². The lowest BCUT2D eigenvalue weighted by Crippen LogP contribution is -2.43. The second-order valence-electron chi connectivity index (χ2n) is 3.72. The summed E-state index contributed by atoms with van der Waals surface area (Å²) in [6, 6.07) is -0.109. The van der Waals surface area contributed by atoms with Gasteiger partial charge in [-0.15, -0.1) is 0 Å². The molecular formula is C10H21N3O2. The molecule has 1 heterocycles. The van der Waals surface area contributed by atoms with Crippen LogP contribution in [0.4, 0.5) is 4.79 Å². The Labute approximate surface area is 90.9 Å². The minimum absolute atomic E-state index is 0.109. The van der Waals surface area contributed by atoms with E-state index in [1.54, 1.807) is 0 Å². The number of nitrogens with one attached hydrogen (secondary N) is 1. The number of rotatable bonds is 5. The summed E-state index contributed by atoms with van der Waals surface area (Å²) < 4.78 is 0. The molecule has 0 saturated carbocycles. The lowest BCUT2D eigenvalue weighted by atomic mass is 10.2. The van der Waals surface area contributed by atoms with Gasteiger partial charge >= 0.3 is 6.03 Å². The summed E-state index contributed by atoms with van der Waals surface area (Å²) in [5.41, 5.74) is 5.37. The third-order valence-electron chi connectivity index (χ3n) is 2.39. The van der Waals surface area contributed by atoms with Gasteiger partial charge in [-0.05, 0) is 32.2 Å². The number of carbonyl (C=O) groups excluding carboxylic acids is 1. The Morgan fingerprint density at radius 3 is 2.87 bits per heavy atom. The van der Waals surface area contributed by atoms with E-state index in [1.165, 1.54) is 5.06 Å². The van der Waals surface area contributed by atoms with Crippen molar-refractivity contribution in [1.29, 1.82) is 0 Å². The van der Waals surface area contributed by atoms with E-state index in [-0.39, 0.29) is 6.03 Å². The van der Waals surface area contributed by atoms with E-state index in [9.17, 15) is 4.79 Å². The van der Waals surface area contributed by atoms with E-state index in [0.717, 1.165) is 38.6 Å². The van der Waals surface area contributed by atoms with Crippen molar-refractivity contribution < 1.29 is 9.63 Å². The first-order valence-electron chi connectivity index (χ1n) is 5.73. The van der Waals surface area contributed by atoms with Crippen molar-refractivity contribution in [3.8, 4) is 0 Å². The van der Waals surface area contributed by atoms with Crippen molar-refractivity contribution >= 4 is 6.03 Å². The molecule has 0 aromatic heterocycles. The molecule has 2 amide bonds. The molecule has 0 radical (unpaired) electrons. The topological polar surface area (TPSA) is 67.6 Å². The number of amides is 2. The third kappa shape index (κ3) is 4.99. The summed E-state index contributed by atoms with van der Waals surface area (Å²) in [6.45, 7) is 2.79. The molecule has 0 aromatic rings. The summed E-state index contributed by atoms with van der Waals surface area (Å²) in [7, 11) is 0. The highest BCUT2D eigenvalue weighted by atomic mass is 16.7. The maximum Gasteiger partial charge on any atom is 0.341 e. The zero-order valence-electron chi connectivity index (χ0n) is 9.21. The van der Waals surface area contributed by atoms with Crippen LogP contribution in [0, 0.1) is 0 Å². The second kappa shape index (κ2) is 7.48. The molecular weight excluding hydrogens is 194 g/mol. The monoisotopic (exact) mass is 215 g/mol. The van der Waals surface area contributed by atoms with Crippen LogP contribution >= 0.6 is 0 Å². The molecule has 5 nitrogen and oxygen atoms in total. The molecule has 1 aliphatic rings. The van der Waals surface area contributed by atoms with Gasteiger partial charge in [0.1, 0.15) is 0 Å². The van der Waals surface area contributed by atoms with Gasteiger partial charge in [0.05, 0.1) is 13.2 Å². The molecule has 0 bridgehead atoms. The van der Waals surface area contributed by atoms with Crippen molar-refractivity contribution in [1.82, 2.24) is 10.4 Å². The molecule has 0 unspecified atom stereocenters. The normalized spacial score (nSPS) is 16.5. The van der Waals surface area contributed by atoms with Gasteiger partial charge in [-0.3, -0.25) is 4.84 Å². The quantitative estimate of drug-likeness (QED) is 0.668. The van der Waals surface area contributed by atoms with Gasteiger partial charge < -0.3 is 11.1 Å². The SMILES string of the molecule is NCCCCCNC(=O)N1CCCCO1. The number of nitrogens with two attached hydrogens (primary N) is 1. The van der Waals surface area contributed by atoms with Gasteiger partial charge in [-0.2, -0.15) is 0 Å². The third-order valence-corrected chi connectivity index (χ3v) is 2.39. The predicted octanol–water partition coefficient (Wildman–Crippen LogP) is 0.852. The summed E-state index contributed by atoms with van der Waals surface area (Å²) in [5.74, 6) is 0. The van der Waals surface area contributed by atoms with Gasteiger partial charge in [0.2, 0.25) is 0 Å². The van der Waals surface area contributed by atoms with Crippen LogP contribution in [-0.2, 0) is 4.84 Å². The molecule has 3 N–H and O–H groups in total. The Bertz CT molecular complexity index is 182. The molecule has 5 heteroatoms. The molecule has 0 atom stereocenters. The van der Waals surface area contributed by atoms with Gasteiger partial charge in [-0.1, -0.05) is 6.42 Å². The first-order valence-corrected chi connectivity index (χ1v) is 5.73. The maximum absolute atomic E-state index is 11.5. The Morgan fingerprint density at radius 1 is 1.33 bits per heavy atom. The fourth-order valence-corrected chi connectivity index (χ4v) is 1.49. The van der Waals surface area contributed by atoms with Crippen molar-refractivity contribution in [2.45, 2.75) is 32.1 Å². The van der Waals surface area contributed by atoms with Gasteiger partial charge in [-0.25, -0.2) is 9.86 Å². The molecule has 1 fully saturated rings. The highest BCUT2D eigenvalue weighted by Gasteiger charge is 2.16. The van der Waals surface area contributed by atoms with Crippen molar-refractivity contribution in [3.63, 3.8) is 0 Å². The second-order valence-corrected chi connectivity index (χ2v) is 3.72. The molecule has 88 valence electrons. The van der Waals surface area contributed by atoms with E-state index in [1.807, 2.05) is 0 Å². The van der Waals surface area contributed by atoms with Crippen LogP contribution in [0.15, 0.2) is 0 Å². The molecule has 0 spiro atoms. The lowest BCUT2D eigenvalue weighted by Gasteiger charge is -2.25. The largest absolute Gasteiger partial charge is 0.341 e. The Hall–Kier alpha value is -0.810. The predicted molar refractivity (Wildman–Crippen MR) is 58.2 cm³/mol. The minimum atomic E-state index is -0.109. The highest BCUT2D eigenvalue weighted by molar-refractivity contribution is 5.72. The van der Waals surface area contributed by atoms with E-state index in [4.69, 9.17) is 10.6 Å². The van der Waals surface area contributed by atoms with Gasteiger partial charge in [0.15, 0.2) is 0 Å². The summed E-state index contributed by atoms with van der Waals surface area (Å²) in [5, 5.41) is 4.26. The zero-order valence-corrected chi connectivity index (χ0v) is 9.21. The molecule has 0 aromatic carbocycles. The smallest absolute Gasteiger partial charge is 0.336 e. The van der Waals surface area contributed by atoms with Crippen LogP contribution in [-0.4, -0.2) is 37.3 Å². The number of carbonyl (C=O) groups is 1. The molecule has 1 rings (SSSR count). The summed E-state index contributed by atoms with van der Waals surface area (Å²) >= 11 is 0. The van der Waals surface area contributed by atoms with E-state index in [0.29, 0.717) is 19.7 Å². The molecule has 1 saturated heterocycles. The number of urea groups is 1. The van der Waals surface area contributed by atoms with E-state index >= 15 is 0 Å². The van der Waals surface area contributed by atoms with Crippen molar-refractivity contribution in [2.24, 2.45) is 5.73 Å². The molecule has 0 aliphatic carbocycles. The van der Waals surface area contributed by atoms with Crippen LogP contribution in [0.25, 0.3) is 0 Å². The van der Waals surface area contributed by atoms with Gasteiger partial charge in [0, 0.05) is 6.54 Å². The molecule has 15 heavy (non-hydrogen) atoms. The number of unbranched alkanes of at least 4 members (excludes halogenated alkanes) is 2. The average Bonchev–Trinajstić information content (AvgIpc) is 2.30. The Morgan fingerprint density at radius 2 is 2.20 bits per heavy atom. The minimum Gasteiger partial charge on any atom is -0.336 e. The van der Waals surface area contributed by atoms with E-state index in [2.05, 4.69) is 5.32 Å². The molecule has 1 aliphatic heterocycles. The van der Waals surface area contributed by atoms with Crippen molar-refractivity contribution in [2.75, 3.05) is 26.2 Å². The fourth-order valence-electron chi connectivity index (χ4n) is 1.49. The number of hydroxylamine groups is 2. The number of hydrogen-bond donors (Lipinski definition) is 2. The average molecular weight is 215 g/mol. The number of hydrogen-bond acceptors (Lipinski definition) is 3.